The van der Waals surface area contributed by atoms with Crippen LogP contribution in [0.25, 0.3) is 0 Å². The molecule has 1 aliphatic rings. The molecular weight excluding hydrogens is 450 g/mol. The molecule has 198 valence electrons. The van der Waals surface area contributed by atoms with Gasteiger partial charge in [0.15, 0.2) is 0 Å². The molecule has 1 fully saturated rings. The SMILES string of the molecule is CCC(C)N(Cc1cccn1Cc1ccccc1C)C(=O)CN(CCOC)C(=O)CCC1CCCC1. The minimum atomic E-state index is -0.00156. The molecule has 1 unspecified atom stereocenters. The zero-order chi connectivity index (χ0) is 25.9. The number of methoxy groups -OCH3 is 1. The van der Waals surface area contributed by atoms with Crippen LogP contribution in [0, 0.1) is 12.8 Å². The van der Waals surface area contributed by atoms with Crippen LogP contribution in [0.2, 0.25) is 0 Å². The van der Waals surface area contributed by atoms with Crippen LogP contribution in [0.1, 0.15) is 75.6 Å². The quantitative estimate of drug-likeness (QED) is 0.352. The first kappa shape index (κ1) is 28.0. The number of hydrogen-bond acceptors (Lipinski definition) is 3. The number of ether oxygens (including phenoxy) is 1. The van der Waals surface area contributed by atoms with Gasteiger partial charge in [-0.25, -0.2) is 0 Å². The van der Waals surface area contributed by atoms with Gasteiger partial charge in [0.2, 0.25) is 11.8 Å². The van der Waals surface area contributed by atoms with Crippen molar-refractivity contribution in [3.05, 3.63) is 59.4 Å². The van der Waals surface area contributed by atoms with Gasteiger partial charge in [0.25, 0.3) is 0 Å². The van der Waals surface area contributed by atoms with Crippen LogP contribution in [0.3, 0.4) is 0 Å². The first-order chi connectivity index (χ1) is 17.4. The van der Waals surface area contributed by atoms with Crippen molar-refractivity contribution >= 4 is 11.8 Å². The lowest BCUT2D eigenvalue weighted by Gasteiger charge is -2.32. The third-order valence-electron chi connectivity index (χ3n) is 7.79. The Morgan fingerprint density at radius 3 is 2.56 bits per heavy atom. The van der Waals surface area contributed by atoms with Gasteiger partial charge in [0.05, 0.1) is 19.7 Å². The standard InChI is InChI=1S/C30H45N3O3/c1-5-25(3)33(22-28-15-10-18-31(28)21-27-14-9-6-11-24(27)2)30(35)23-32(19-20-36-4)29(34)17-16-26-12-7-8-13-26/h6,9-11,14-15,18,25-26H,5,7-8,12-13,16-17,19-23H2,1-4H3. The summed E-state index contributed by atoms with van der Waals surface area (Å²) in [4.78, 5) is 30.4. The van der Waals surface area contributed by atoms with Gasteiger partial charge in [0.1, 0.15) is 0 Å². The van der Waals surface area contributed by atoms with Gasteiger partial charge in [-0.1, -0.05) is 56.9 Å². The summed E-state index contributed by atoms with van der Waals surface area (Å²) in [5, 5.41) is 0. The number of carbonyl (C=O) groups is 2. The third-order valence-corrected chi connectivity index (χ3v) is 7.79. The molecule has 0 saturated heterocycles. The number of amides is 2. The maximum Gasteiger partial charge on any atom is 0.242 e. The molecule has 1 heterocycles. The minimum absolute atomic E-state index is 0.00156. The van der Waals surface area contributed by atoms with Crippen molar-refractivity contribution in [1.82, 2.24) is 14.4 Å². The molecule has 0 aliphatic heterocycles. The Morgan fingerprint density at radius 2 is 1.86 bits per heavy atom. The Bertz CT molecular complexity index is 964. The monoisotopic (exact) mass is 495 g/mol. The van der Waals surface area contributed by atoms with Crippen molar-refractivity contribution in [3.8, 4) is 0 Å². The number of aryl methyl sites for hydroxylation is 1. The summed E-state index contributed by atoms with van der Waals surface area (Å²) >= 11 is 0. The predicted molar refractivity (Wildman–Crippen MR) is 145 cm³/mol. The minimum Gasteiger partial charge on any atom is -0.383 e. The molecule has 36 heavy (non-hydrogen) atoms. The lowest BCUT2D eigenvalue weighted by atomic mass is 10.0. The highest BCUT2D eigenvalue weighted by atomic mass is 16.5. The van der Waals surface area contributed by atoms with Crippen LogP contribution < -0.4 is 0 Å². The molecule has 1 atom stereocenters. The van der Waals surface area contributed by atoms with Gasteiger partial charge in [-0.3, -0.25) is 9.59 Å². The van der Waals surface area contributed by atoms with Crippen molar-refractivity contribution < 1.29 is 14.3 Å². The maximum atomic E-state index is 13.6. The second-order valence-electron chi connectivity index (χ2n) is 10.3. The molecule has 0 radical (unpaired) electrons. The molecule has 3 rings (SSSR count). The molecular formula is C30H45N3O3. The summed E-state index contributed by atoms with van der Waals surface area (Å²) in [6.07, 6.45) is 9.40. The molecule has 0 N–H and O–H groups in total. The largest absolute Gasteiger partial charge is 0.383 e. The summed E-state index contributed by atoms with van der Waals surface area (Å²) < 4.78 is 7.48. The van der Waals surface area contributed by atoms with Crippen molar-refractivity contribution in [2.24, 2.45) is 5.92 Å². The van der Waals surface area contributed by atoms with E-state index in [4.69, 9.17) is 4.74 Å². The van der Waals surface area contributed by atoms with Crippen molar-refractivity contribution in [3.63, 3.8) is 0 Å². The number of hydrogen-bond donors (Lipinski definition) is 0. The topological polar surface area (TPSA) is 54.8 Å². The second-order valence-corrected chi connectivity index (χ2v) is 10.3. The number of carbonyl (C=O) groups excluding carboxylic acids is 2. The molecule has 6 heteroatoms. The van der Waals surface area contributed by atoms with E-state index in [0.29, 0.717) is 32.0 Å². The van der Waals surface area contributed by atoms with E-state index in [0.717, 1.165) is 25.1 Å². The smallest absolute Gasteiger partial charge is 0.242 e. The number of benzene rings is 1. The van der Waals surface area contributed by atoms with Gasteiger partial charge in [0, 0.05) is 44.6 Å². The molecule has 0 bridgehead atoms. The molecule has 0 spiro atoms. The van der Waals surface area contributed by atoms with Crippen molar-refractivity contribution in [1.29, 1.82) is 0 Å². The third kappa shape index (κ3) is 7.95. The first-order valence-electron chi connectivity index (χ1n) is 13.7. The lowest BCUT2D eigenvalue weighted by Crippen LogP contribution is -2.47. The van der Waals surface area contributed by atoms with Gasteiger partial charge in [-0.15, -0.1) is 0 Å². The zero-order valence-corrected chi connectivity index (χ0v) is 22.7. The Hall–Kier alpha value is -2.60. The van der Waals surface area contributed by atoms with Crippen LogP contribution in [0.15, 0.2) is 42.6 Å². The van der Waals surface area contributed by atoms with E-state index >= 15 is 0 Å². The van der Waals surface area contributed by atoms with Crippen molar-refractivity contribution in [2.75, 3.05) is 26.8 Å². The Labute approximate surface area is 217 Å². The zero-order valence-electron chi connectivity index (χ0n) is 22.7. The highest BCUT2D eigenvalue weighted by molar-refractivity contribution is 5.85. The normalized spacial score (nSPS) is 14.7. The van der Waals surface area contributed by atoms with E-state index in [1.165, 1.54) is 36.8 Å². The summed E-state index contributed by atoms with van der Waals surface area (Å²) in [6.45, 7) is 8.62. The van der Waals surface area contributed by atoms with Gasteiger partial charge < -0.3 is 19.1 Å². The fourth-order valence-corrected chi connectivity index (χ4v) is 5.14. The van der Waals surface area contributed by atoms with Gasteiger partial charge >= 0.3 is 0 Å². The Kier molecular flexibility index (Phi) is 11.1. The summed E-state index contributed by atoms with van der Waals surface area (Å²) in [5.74, 6) is 0.726. The predicted octanol–water partition coefficient (Wildman–Crippen LogP) is 5.42. The molecule has 1 aromatic carbocycles. The fourth-order valence-electron chi connectivity index (χ4n) is 5.14. The van der Waals surface area contributed by atoms with E-state index in [1.807, 2.05) is 11.0 Å². The van der Waals surface area contributed by atoms with Gasteiger partial charge in [-0.2, -0.15) is 0 Å². The molecule has 2 amide bonds. The maximum absolute atomic E-state index is 13.6. The number of rotatable bonds is 14. The van der Waals surface area contributed by atoms with Crippen LogP contribution in [-0.2, 0) is 27.4 Å². The van der Waals surface area contributed by atoms with Crippen LogP contribution in [0.4, 0.5) is 0 Å². The van der Waals surface area contributed by atoms with E-state index in [1.54, 1.807) is 12.0 Å². The highest BCUT2D eigenvalue weighted by Crippen LogP contribution is 2.28. The first-order valence-corrected chi connectivity index (χ1v) is 13.7. The van der Waals surface area contributed by atoms with E-state index < -0.39 is 0 Å². The average Bonchev–Trinajstić information content (AvgIpc) is 3.56. The highest BCUT2D eigenvalue weighted by Gasteiger charge is 2.26. The molecule has 2 aromatic rings. The Balaban J connectivity index is 1.69. The van der Waals surface area contributed by atoms with Crippen LogP contribution in [0.5, 0.6) is 0 Å². The Morgan fingerprint density at radius 1 is 1.11 bits per heavy atom. The summed E-state index contributed by atoms with van der Waals surface area (Å²) in [6, 6.07) is 12.6. The van der Waals surface area contributed by atoms with E-state index in [2.05, 4.69) is 61.9 Å². The average molecular weight is 496 g/mol. The lowest BCUT2D eigenvalue weighted by molar-refractivity contribution is -0.142. The molecule has 1 aromatic heterocycles. The fraction of sp³-hybridized carbons (Fsp3) is 0.600. The van der Waals surface area contributed by atoms with Crippen LogP contribution >= 0.6 is 0 Å². The molecule has 1 saturated carbocycles. The number of aromatic nitrogens is 1. The van der Waals surface area contributed by atoms with Gasteiger partial charge in [-0.05, 0) is 55.9 Å². The number of nitrogens with zero attached hydrogens (tertiary/aromatic N) is 3. The van der Waals surface area contributed by atoms with E-state index in [-0.39, 0.29) is 24.4 Å². The van der Waals surface area contributed by atoms with Crippen LogP contribution in [-0.4, -0.2) is 59.0 Å². The molecule has 6 nitrogen and oxygen atoms in total. The molecule has 1 aliphatic carbocycles. The van der Waals surface area contributed by atoms with Crippen molar-refractivity contribution in [2.45, 2.75) is 84.8 Å². The van der Waals surface area contributed by atoms with E-state index in [9.17, 15) is 9.59 Å². The summed E-state index contributed by atoms with van der Waals surface area (Å²) in [5.41, 5.74) is 3.63. The second kappa shape index (κ2) is 14.2. The summed E-state index contributed by atoms with van der Waals surface area (Å²) in [7, 11) is 1.64.